The molecule has 0 aliphatic heterocycles. The summed E-state index contributed by atoms with van der Waals surface area (Å²) in [7, 11) is 0. The van der Waals surface area contributed by atoms with E-state index in [0.29, 0.717) is 16.5 Å². The minimum Gasteiger partial charge on any atom is -0.383 e. The number of nitrogen functional groups attached to an aromatic ring is 1. The molecule has 1 atom stereocenters. The van der Waals surface area contributed by atoms with E-state index in [1.54, 1.807) is 6.20 Å². The van der Waals surface area contributed by atoms with Crippen LogP contribution in [0, 0.1) is 0 Å². The number of nitrogens with two attached hydrogens (primary N) is 1. The molecule has 4 nitrogen and oxygen atoms in total. The number of aromatic nitrogens is 3. The Morgan fingerprint density at radius 3 is 2.72 bits per heavy atom. The molecule has 2 N–H and O–H groups in total. The van der Waals surface area contributed by atoms with E-state index in [4.69, 9.17) is 5.73 Å². The number of nitrogens with zero attached hydrogens (tertiary/aromatic N) is 3. The predicted octanol–water partition coefficient (Wildman–Crippen LogP) is 2.62. The predicted molar refractivity (Wildman–Crippen MR) is 77.2 cm³/mol. The summed E-state index contributed by atoms with van der Waals surface area (Å²) < 4.78 is 0. The highest BCUT2D eigenvalue weighted by atomic mass is 32.2. The molecular weight excluding hydrogens is 264 g/mol. The maximum atomic E-state index is 5.85. The molecule has 0 saturated carbocycles. The standard InChI is InChI=1S/C12H14N4S2/c1-7(8-5-3-4-6-14-8)11-15-10(13)9(17)12(16-11)18-2/h3-7,17H,1-2H3,(H2,13,15,16). The lowest BCUT2D eigenvalue weighted by Crippen LogP contribution is -2.08. The SMILES string of the molecule is CSc1nc(C(C)c2ccccn2)nc(N)c1S. The van der Waals surface area contributed by atoms with Crippen molar-refractivity contribution in [3.05, 3.63) is 35.9 Å². The molecule has 0 spiro atoms. The van der Waals surface area contributed by atoms with Crippen molar-refractivity contribution in [3.8, 4) is 0 Å². The molecule has 18 heavy (non-hydrogen) atoms. The molecule has 0 fully saturated rings. The highest BCUT2D eigenvalue weighted by molar-refractivity contribution is 7.99. The zero-order chi connectivity index (χ0) is 13.1. The minimum atomic E-state index is 0.00772. The van der Waals surface area contributed by atoms with Crippen molar-refractivity contribution in [1.82, 2.24) is 15.0 Å². The molecule has 0 radical (unpaired) electrons. The van der Waals surface area contributed by atoms with Crippen LogP contribution in [0.25, 0.3) is 0 Å². The molecule has 2 aromatic rings. The summed E-state index contributed by atoms with van der Waals surface area (Å²) in [4.78, 5) is 13.7. The van der Waals surface area contributed by atoms with Gasteiger partial charge in [0.05, 0.1) is 16.5 Å². The number of hydrogen-bond donors (Lipinski definition) is 2. The normalized spacial score (nSPS) is 12.4. The van der Waals surface area contributed by atoms with Gasteiger partial charge in [-0.1, -0.05) is 6.07 Å². The van der Waals surface area contributed by atoms with Gasteiger partial charge >= 0.3 is 0 Å². The van der Waals surface area contributed by atoms with Crippen molar-refractivity contribution in [2.24, 2.45) is 0 Å². The van der Waals surface area contributed by atoms with Gasteiger partial charge in [-0.25, -0.2) is 9.97 Å². The van der Waals surface area contributed by atoms with Crippen molar-refractivity contribution in [3.63, 3.8) is 0 Å². The quantitative estimate of drug-likeness (QED) is 0.513. The van der Waals surface area contributed by atoms with Gasteiger partial charge in [0, 0.05) is 6.20 Å². The molecule has 1 unspecified atom stereocenters. The third-order valence-electron chi connectivity index (χ3n) is 2.61. The summed E-state index contributed by atoms with van der Waals surface area (Å²) >= 11 is 5.82. The maximum absolute atomic E-state index is 5.85. The van der Waals surface area contributed by atoms with Gasteiger partial charge in [0.1, 0.15) is 16.7 Å². The van der Waals surface area contributed by atoms with Crippen LogP contribution in [0.3, 0.4) is 0 Å². The zero-order valence-corrected chi connectivity index (χ0v) is 11.9. The summed E-state index contributed by atoms with van der Waals surface area (Å²) in [6.45, 7) is 2.01. The minimum absolute atomic E-state index is 0.00772. The fraction of sp³-hybridized carbons (Fsp3) is 0.250. The molecule has 94 valence electrons. The molecular formula is C12H14N4S2. The van der Waals surface area contributed by atoms with Crippen molar-refractivity contribution in [1.29, 1.82) is 0 Å². The number of rotatable bonds is 3. The highest BCUT2D eigenvalue weighted by Gasteiger charge is 2.16. The first-order valence-electron chi connectivity index (χ1n) is 5.44. The van der Waals surface area contributed by atoms with Crippen LogP contribution in [-0.4, -0.2) is 21.2 Å². The summed E-state index contributed by atoms with van der Waals surface area (Å²) in [6, 6.07) is 5.79. The summed E-state index contributed by atoms with van der Waals surface area (Å²) in [6.07, 6.45) is 3.70. The van der Waals surface area contributed by atoms with E-state index in [9.17, 15) is 0 Å². The third-order valence-corrected chi connectivity index (χ3v) is 3.88. The monoisotopic (exact) mass is 278 g/mol. The van der Waals surface area contributed by atoms with Gasteiger partial charge in [0.15, 0.2) is 0 Å². The number of anilines is 1. The first-order chi connectivity index (χ1) is 8.63. The Hall–Kier alpha value is -1.27. The first-order valence-corrected chi connectivity index (χ1v) is 7.12. The van der Waals surface area contributed by atoms with E-state index in [-0.39, 0.29) is 5.92 Å². The van der Waals surface area contributed by atoms with Gasteiger partial charge in [0.25, 0.3) is 0 Å². The van der Waals surface area contributed by atoms with Gasteiger partial charge in [-0.2, -0.15) is 0 Å². The number of thiol groups is 1. The molecule has 6 heteroatoms. The van der Waals surface area contributed by atoms with Gasteiger partial charge in [0.2, 0.25) is 0 Å². The molecule has 0 bridgehead atoms. The highest BCUT2D eigenvalue weighted by Crippen LogP contribution is 2.29. The number of hydrogen-bond acceptors (Lipinski definition) is 6. The average molecular weight is 278 g/mol. The first kappa shape index (κ1) is 13.2. The largest absolute Gasteiger partial charge is 0.383 e. The lowest BCUT2D eigenvalue weighted by molar-refractivity contribution is 0.754. The second-order valence-corrected chi connectivity index (χ2v) is 5.04. The Balaban J connectivity index is 2.43. The number of pyridine rings is 1. The van der Waals surface area contributed by atoms with E-state index < -0.39 is 0 Å². The fourth-order valence-electron chi connectivity index (χ4n) is 1.57. The Morgan fingerprint density at radius 1 is 1.33 bits per heavy atom. The van der Waals surface area contributed by atoms with E-state index in [0.717, 1.165) is 10.7 Å². The average Bonchev–Trinajstić information content (AvgIpc) is 2.42. The molecule has 2 aromatic heterocycles. The van der Waals surface area contributed by atoms with E-state index in [1.165, 1.54) is 11.8 Å². The summed E-state index contributed by atoms with van der Waals surface area (Å²) in [5.74, 6) is 1.09. The molecule has 2 rings (SSSR count). The van der Waals surface area contributed by atoms with E-state index in [1.807, 2.05) is 31.4 Å². The zero-order valence-electron chi connectivity index (χ0n) is 10.2. The van der Waals surface area contributed by atoms with Crippen LogP contribution in [0.2, 0.25) is 0 Å². The summed E-state index contributed by atoms with van der Waals surface area (Å²) in [5.41, 5.74) is 6.78. The summed E-state index contributed by atoms with van der Waals surface area (Å²) in [5, 5.41) is 0.795. The van der Waals surface area contributed by atoms with Gasteiger partial charge in [-0.05, 0) is 25.3 Å². The Bertz CT molecular complexity index is 545. The second-order valence-electron chi connectivity index (χ2n) is 3.80. The maximum Gasteiger partial charge on any atom is 0.141 e. The van der Waals surface area contributed by atoms with Crippen molar-refractivity contribution in [2.45, 2.75) is 22.8 Å². The fourth-order valence-corrected chi connectivity index (χ4v) is 2.42. The second kappa shape index (κ2) is 5.58. The molecule has 0 aromatic carbocycles. The lowest BCUT2D eigenvalue weighted by atomic mass is 10.1. The van der Waals surface area contributed by atoms with E-state index in [2.05, 4.69) is 27.6 Å². The Morgan fingerprint density at radius 2 is 2.11 bits per heavy atom. The van der Waals surface area contributed by atoms with Crippen LogP contribution in [0.4, 0.5) is 5.82 Å². The Kier molecular flexibility index (Phi) is 4.08. The Labute approximate surface area is 116 Å². The molecule has 2 heterocycles. The van der Waals surface area contributed by atoms with Gasteiger partial charge in [-0.3, -0.25) is 4.98 Å². The third kappa shape index (κ3) is 2.59. The topological polar surface area (TPSA) is 64.7 Å². The van der Waals surface area contributed by atoms with Gasteiger partial charge < -0.3 is 5.73 Å². The van der Waals surface area contributed by atoms with Crippen molar-refractivity contribution >= 4 is 30.2 Å². The lowest BCUT2D eigenvalue weighted by Gasteiger charge is -2.12. The molecule has 0 amide bonds. The van der Waals surface area contributed by atoms with Crippen LogP contribution in [0.5, 0.6) is 0 Å². The molecule has 0 aliphatic rings. The van der Waals surface area contributed by atoms with E-state index >= 15 is 0 Å². The van der Waals surface area contributed by atoms with Crippen LogP contribution < -0.4 is 5.73 Å². The van der Waals surface area contributed by atoms with Crippen LogP contribution in [-0.2, 0) is 0 Å². The van der Waals surface area contributed by atoms with Crippen LogP contribution >= 0.6 is 24.4 Å². The number of thioether (sulfide) groups is 1. The van der Waals surface area contributed by atoms with Crippen molar-refractivity contribution < 1.29 is 0 Å². The van der Waals surface area contributed by atoms with Crippen LogP contribution in [0.1, 0.15) is 24.4 Å². The van der Waals surface area contributed by atoms with Crippen LogP contribution in [0.15, 0.2) is 34.3 Å². The smallest absolute Gasteiger partial charge is 0.141 e. The van der Waals surface area contributed by atoms with Gasteiger partial charge in [-0.15, -0.1) is 24.4 Å². The van der Waals surface area contributed by atoms with Crippen molar-refractivity contribution in [2.75, 3.05) is 12.0 Å². The molecule has 0 aliphatic carbocycles. The molecule has 0 saturated heterocycles.